The molecule has 0 radical (unpaired) electrons. The summed E-state index contributed by atoms with van der Waals surface area (Å²) in [4.78, 5) is 0. The van der Waals surface area contributed by atoms with Crippen LogP contribution >= 0.6 is 0 Å². The zero-order valence-electron chi connectivity index (χ0n) is 12.1. The van der Waals surface area contributed by atoms with E-state index in [4.69, 9.17) is 0 Å². The normalized spacial score (nSPS) is 37.3. The Kier molecular flexibility index (Phi) is 5.86. The van der Waals surface area contributed by atoms with Crippen LogP contribution in [0.15, 0.2) is 0 Å². The van der Waals surface area contributed by atoms with Gasteiger partial charge in [0, 0.05) is 0 Å². The molecule has 5 unspecified atom stereocenters. The van der Waals surface area contributed by atoms with Gasteiger partial charge < -0.3 is 0 Å². The molecule has 0 spiro atoms. The first-order chi connectivity index (χ1) is 7.65. The Morgan fingerprint density at radius 2 is 1.62 bits per heavy atom. The van der Waals surface area contributed by atoms with E-state index in [0.29, 0.717) is 0 Å². The van der Waals surface area contributed by atoms with Gasteiger partial charge >= 0.3 is 0 Å². The lowest BCUT2D eigenvalue weighted by atomic mass is 9.61. The van der Waals surface area contributed by atoms with E-state index in [1.54, 1.807) is 0 Å². The Morgan fingerprint density at radius 3 is 2.12 bits per heavy atom. The first-order valence-electron chi connectivity index (χ1n) is 7.65. The van der Waals surface area contributed by atoms with Crippen molar-refractivity contribution in [1.29, 1.82) is 0 Å². The van der Waals surface area contributed by atoms with Gasteiger partial charge in [-0.25, -0.2) is 0 Å². The molecular weight excluding hydrogens is 192 g/mol. The maximum absolute atomic E-state index is 2.50. The third-order valence-electron chi connectivity index (χ3n) is 5.20. The van der Waals surface area contributed by atoms with Crippen LogP contribution in [0.4, 0.5) is 0 Å². The summed E-state index contributed by atoms with van der Waals surface area (Å²) in [7, 11) is 0. The predicted molar refractivity (Wildman–Crippen MR) is 73.5 cm³/mol. The fraction of sp³-hybridized carbons (Fsp3) is 1.00. The van der Waals surface area contributed by atoms with Crippen LogP contribution in [-0.2, 0) is 0 Å². The summed E-state index contributed by atoms with van der Waals surface area (Å²) in [5.41, 5.74) is 0. The monoisotopic (exact) mass is 224 g/mol. The largest absolute Gasteiger partial charge is 0.0654 e. The molecule has 0 heterocycles. The van der Waals surface area contributed by atoms with Crippen LogP contribution in [0.5, 0.6) is 0 Å². The highest BCUT2D eigenvalue weighted by Gasteiger charge is 2.37. The second-order valence-electron chi connectivity index (χ2n) is 6.13. The molecule has 0 N–H and O–H groups in total. The van der Waals surface area contributed by atoms with Crippen LogP contribution in [0.2, 0.25) is 0 Å². The van der Waals surface area contributed by atoms with Gasteiger partial charge in [0.1, 0.15) is 0 Å². The minimum atomic E-state index is 0.955. The van der Waals surface area contributed by atoms with Crippen molar-refractivity contribution < 1.29 is 0 Å². The van der Waals surface area contributed by atoms with Gasteiger partial charge in [0.15, 0.2) is 0 Å². The van der Waals surface area contributed by atoms with Crippen molar-refractivity contribution in [1.82, 2.24) is 0 Å². The maximum atomic E-state index is 2.50. The standard InChI is InChI=1S/C16H32/c1-6-9-12(4)16-11-10-13(5)14(7-2)15(16)8-3/h12-16H,6-11H2,1-5H3. The van der Waals surface area contributed by atoms with Crippen LogP contribution in [0.3, 0.4) is 0 Å². The van der Waals surface area contributed by atoms with Crippen molar-refractivity contribution >= 4 is 0 Å². The van der Waals surface area contributed by atoms with Crippen molar-refractivity contribution in [2.75, 3.05) is 0 Å². The average molecular weight is 224 g/mol. The molecule has 0 amide bonds. The number of rotatable bonds is 5. The number of hydrogen-bond acceptors (Lipinski definition) is 0. The Morgan fingerprint density at radius 1 is 1.00 bits per heavy atom. The third-order valence-corrected chi connectivity index (χ3v) is 5.20. The summed E-state index contributed by atoms with van der Waals surface area (Å²) < 4.78 is 0. The van der Waals surface area contributed by atoms with E-state index in [1.165, 1.54) is 38.5 Å². The minimum Gasteiger partial charge on any atom is -0.0654 e. The van der Waals surface area contributed by atoms with Crippen molar-refractivity contribution in [3.63, 3.8) is 0 Å². The fourth-order valence-corrected chi connectivity index (χ4v) is 4.31. The Balaban J connectivity index is 2.69. The van der Waals surface area contributed by atoms with Gasteiger partial charge in [0.2, 0.25) is 0 Å². The SMILES string of the molecule is CCCC(C)C1CCC(C)C(CC)C1CC. The van der Waals surface area contributed by atoms with Crippen LogP contribution < -0.4 is 0 Å². The smallest absolute Gasteiger partial charge is 0.0355 e. The zero-order valence-corrected chi connectivity index (χ0v) is 12.1. The van der Waals surface area contributed by atoms with E-state index in [0.717, 1.165) is 29.6 Å². The number of hydrogen-bond donors (Lipinski definition) is 0. The van der Waals surface area contributed by atoms with Gasteiger partial charge in [-0.15, -0.1) is 0 Å². The quantitative estimate of drug-likeness (QED) is 0.576. The molecule has 5 atom stereocenters. The molecular formula is C16H32. The topological polar surface area (TPSA) is 0 Å². The molecule has 1 saturated carbocycles. The summed E-state index contributed by atoms with van der Waals surface area (Å²) in [5.74, 6) is 4.96. The van der Waals surface area contributed by atoms with Gasteiger partial charge in [-0.05, 0) is 36.0 Å². The lowest BCUT2D eigenvalue weighted by molar-refractivity contribution is 0.0558. The minimum absolute atomic E-state index is 0.955. The lowest BCUT2D eigenvalue weighted by Crippen LogP contribution is -2.36. The molecule has 1 rings (SSSR count). The third kappa shape index (κ3) is 3.02. The van der Waals surface area contributed by atoms with Gasteiger partial charge in [-0.2, -0.15) is 0 Å². The van der Waals surface area contributed by atoms with Gasteiger partial charge in [0.05, 0.1) is 0 Å². The van der Waals surface area contributed by atoms with Crippen molar-refractivity contribution in [3.8, 4) is 0 Å². The Bertz CT molecular complexity index is 184. The second kappa shape index (κ2) is 6.67. The first-order valence-corrected chi connectivity index (χ1v) is 7.65. The molecule has 0 aromatic heterocycles. The molecule has 16 heavy (non-hydrogen) atoms. The molecule has 0 heteroatoms. The Hall–Kier alpha value is 0. The average Bonchev–Trinajstić information content (AvgIpc) is 2.28. The van der Waals surface area contributed by atoms with Crippen LogP contribution in [-0.4, -0.2) is 0 Å². The van der Waals surface area contributed by atoms with E-state index in [2.05, 4.69) is 34.6 Å². The molecule has 0 aliphatic heterocycles. The van der Waals surface area contributed by atoms with Crippen molar-refractivity contribution in [2.24, 2.45) is 29.6 Å². The first kappa shape index (κ1) is 14.1. The molecule has 96 valence electrons. The molecule has 0 aromatic carbocycles. The summed E-state index contributed by atoms with van der Waals surface area (Å²) >= 11 is 0. The summed E-state index contributed by atoms with van der Waals surface area (Å²) in [5, 5.41) is 0. The van der Waals surface area contributed by atoms with E-state index in [-0.39, 0.29) is 0 Å². The highest BCUT2D eigenvalue weighted by atomic mass is 14.4. The van der Waals surface area contributed by atoms with Crippen molar-refractivity contribution in [2.45, 2.75) is 73.1 Å². The molecule has 1 aliphatic carbocycles. The molecule has 0 saturated heterocycles. The molecule has 0 nitrogen and oxygen atoms in total. The van der Waals surface area contributed by atoms with Gasteiger partial charge in [0.25, 0.3) is 0 Å². The summed E-state index contributed by atoms with van der Waals surface area (Å²) in [6.45, 7) is 12.1. The van der Waals surface area contributed by atoms with Crippen LogP contribution in [0, 0.1) is 29.6 Å². The Labute approximate surface area is 103 Å². The van der Waals surface area contributed by atoms with Crippen molar-refractivity contribution in [3.05, 3.63) is 0 Å². The van der Waals surface area contributed by atoms with Gasteiger partial charge in [-0.1, -0.05) is 66.7 Å². The summed E-state index contributed by atoms with van der Waals surface area (Å²) in [6, 6.07) is 0. The fourth-order valence-electron chi connectivity index (χ4n) is 4.31. The van der Waals surface area contributed by atoms with Crippen LogP contribution in [0.1, 0.15) is 73.1 Å². The predicted octanol–water partition coefficient (Wildman–Crippen LogP) is 5.52. The van der Waals surface area contributed by atoms with E-state index < -0.39 is 0 Å². The molecule has 1 aliphatic rings. The summed E-state index contributed by atoms with van der Waals surface area (Å²) in [6.07, 6.45) is 8.58. The van der Waals surface area contributed by atoms with E-state index >= 15 is 0 Å². The maximum Gasteiger partial charge on any atom is -0.0355 e. The zero-order chi connectivity index (χ0) is 12.1. The molecule has 0 aromatic rings. The highest BCUT2D eigenvalue weighted by molar-refractivity contribution is 4.86. The van der Waals surface area contributed by atoms with E-state index in [1.807, 2.05) is 0 Å². The van der Waals surface area contributed by atoms with E-state index in [9.17, 15) is 0 Å². The molecule has 0 bridgehead atoms. The van der Waals surface area contributed by atoms with Gasteiger partial charge in [-0.3, -0.25) is 0 Å². The highest BCUT2D eigenvalue weighted by Crippen LogP contribution is 2.45. The second-order valence-corrected chi connectivity index (χ2v) is 6.13. The lowest BCUT2D eigenvalue weighted by Gasteiger charge is -2.44. The molecule has 1 fully saturated rings. The van der Waals surface area contributed by atoms with Crippen LogP contribution in [0.25, 0.3) is 0 Å².